The van der Waals surface area contributed by atoms with Gasteiger partial charge in [0, 0.05) is 5.69 Å². The minimum absolute atomic E-state index is 0.0575. The number of halogens is 3. The van der Waals surface area contributed by atoms with E-state index in [2.05, 4.69) is 21.2 Å². The molecule has 0 spiro atoms. The Morgan fingerprint density at radius 1 is 1.06 bits per heavy atom. The molecule has 2 aromatic rings. The molecule has 0 heterocycles. The Morgan fingerprint density at radius 3 is 2.44 bits per heavy atom. The average molecular weight is 312 g/mol. The lowest BCUT2D eigenvalue weighted by molar-refractivity contribution is 0.102. The van der Waals surface area contributed by atoms with Crippen LogP contribution in [0.2, 0.25) is 0 Å². The summed E-state index contributed by atoms with van der Waals surface area (Å²) in [4.78, 5) is 11.8. The molecule has 1 amide bonds. The summed E-state index contributed by atoms with van der Waals surface area (Å²) >= 11 is 3.01. The first kappa shape index (κ1) is 12.7. The zero-order valence-corrected chi connectivity index (χ0v) is 10.7. The molecule has 0 aliphatic rings. The highest BCUT2D eigenvalue weighted by atomic mass is 79.9. The highest BCUT2D eigenvalue weighted by molar-refractivity contribution is 9.10. The van der Waals surface area contributed by atoms with Gasteiger partial charge in [0.1, 0.15) is 11.6 Å². The molecular formula is C13H8BrF2NO. The van der Waals surface area contributed by atoms with Crippen LogP contribution in [0.3, 0.4) is 0 Å². The van der Waals surface area contributed by atoms with Crippen LogP contribution in [0.1, 0.15) is 10.4 Å². The van der Waals surface area contributed by atoms with Crippen molar-refractivity contribution in [1.82, 2.24) is 0 Å². The van der Waals surface area contributed by atoms with Crippen LogP contribution in [-0.4, -0.2) is 5.91 Å². The van der Waals surface area contributed by atoms with Crippen molar-refractivity contribution >= 4 is 27.5 Å². The first-order chi connectivity index (χ1) is 8.58. The van der Waals surface area contributed by atoms with E-state index in [0.29, 0.717) is 5.69 Å². The molecule has 0 fully saturated rings. The topological polar surface area (TPSA) is 29.1 Å². The first-order valence-electron chi connectivity index (χ1n) is 5.09. The molecule has 0 aliphatic heterocycles. The van der Waals surface area contributed by atoms with Gasteiger partial charge < -0.3 is 5.32 Å². The third kappa shape index (κ3) is 2.73. The van der Waals surface area contributed by atoms with E-state index in [1.165, 1.54) is 36.4 Å². The summed E-state index contributed by atoms with van der Waals surface area (Å²) in [6.07, 6.45) is 0. The molecule has 0 atom stereocenters. The summed E-state index contributed by atoms with van der Waals surface area (Å²) in [6, 6.07) is 9.67. The highest BCUT2D eigenvalue weighted by Crippen LogP contribution is 2.20. The second-order valence-electron chi connectivity index (χ2n) is 3.56. The number of carbonyl (C=O) groups excluding carboxylic acids is 1. The van der Waals surface area contributed by atoms with Gasteiger partial charge in [0.2, 0.25) is 0 Å². The summed E-state index contributed by atoms with van der Waals surface area (Å²) in [5.41, 5.74) is 0.328. The van der Waals surface area contributed by atoms with Crippen molar-refractivity contribution in [2.75, 3.05) is 5.32 Å². The van der Waals surface area contributed by atoms with Gasteiger partial charge in [0.15, 0.2) is 0 Å². The van der Waals surface area contributed by atoms with Crippen LogP contribution >= 0.6 is 15.9 Å². The lowest BCUT2D eigenvalue weighted by Gasteiger charge is -2.06. The highest BCUT2D eigenvalue weighted by Gasteiger charge is 2.11. The molecule has 0 unspecified atom stereocenters. The lowest BCUT2D eigenvalue weighted by Crippen LogP contribution is -2.13. The summed E-state index contributed by atoms with van der Waals surface area (Å²) in [6.45, 7) is 0. The molecule has 18 heavy (non-hydrogen) atoms. The number of hydrogen-bond acceptors (Lipinski definition) is 1. The maximum absolute atomic E-state index is 13.4. The smallest absolute Gasteiger partial charge is 0.258 e. The first-order valence-corrected chi connectivity index (χ1v) is 5.88. The molecule has 0 radical (unpaired) electrons. The maximum atomic E-state index is 13.4. The molecule has 0 saturated heterocycles. The molecule has 2 rings (SSSR count). The van der Waals surface area contributed by atoms with Gasteiger partial charge in [-0.3, -0.25) is 4.79 Å². The van der Waals surface area contributed by atoms with Gasteiger partial charge in [-0.25, -0.2) is 8.78 Å². The molecule has 5 heteroatoms. The molecule has 1 N–H and O–H groups in total. The molecule has 0 saturated carbocycles. The van der Waals surface area contributed by atoms with Crippen LogP contribution in [0, 0.1) is 11.6 Å². The summed E-state index contributed by atoms with van der Waals surface area (Å²) in [7, 11) is 0. The SMILES string of the molecule is O=C(Nc1ccc(F)c(Br)c1)c1ccccc1F. The molecular weight excluding hydrogens is 304 g/mol. The van der Waals surface area contributed by atoms with E-state index < -0.39 is 17.5 Å². The van der Waals surface area contributed by atoms with Crippen molar-refractivity contribution < 1.29 is 13.6 Å². The zero-order valence-electron chi connectivity index (χ0n) is 9.08. The van der Waals surface area contributed by atoms with Gasteiger partial charge in [-0.2, -0.15) is 0 Å². The lowest BCUT2D eigenvalue weighted by atomic mass is 10.2. The minimum Gasteiger partial charge on any atom is -0.322 e. The Kier molecular flexibility index (Phi) is 3.72. The van der Waals surface area contributed by atoms with Gasteiger partial charge in [0.05, 0.1) is 10.0 Å². The molecule has 2 aromatic carbocycles. The second-order valence-corrected chi connectivity index (χ2v) is 4.42. The molecule has 0 bridgehead atoms. The fourth-order valence-corrected chi connectivity index (χ4v) is 1.80. The number of anilines is 1. The zero-order chi connectivity index (χ0) is 13.1. The number of rotatable bonds is 2. The van der Waals surface area contributed by atoms with Crippen LogP contribution in [0.5, 0.6) is 0 Å². The Morgan fingerprint density at radius 2 is 1.78 bits per heavy atom. The quantitative estimate of drug-likeness (QED) is 0.893. The number of carbonyl (C=O) groups is 1. The summed E-state index contributed by atoms with van der Waals surface area (Å²) < 4.78 is 26.6. The predicted octanol–water partition coefficient (Wildman–Crippen LogP) is 3.98. The molecule has 2 nitrogen and oxygen atoms in total. The van der Waals surface area contributed by atoms with Crippen molar-refractivity contribution in [3.63, 3.8) is 0 Å². The van der Waals surface area contributed by atoms with Crippen LogP contribution in [0.25, 0.3) is 0 Å². The van der Waals surface area contributed by atoms with E-state index in [4.69, 9.17) is 0 Å². The monoisotopic (exact) mass is 311 g/mol. The molecule has 0 aromatic heterocycles. The Hall–Kier alpha value is -1.75. The van der Waals surface area contributed by atoms with E-state index in [9.17, 15) is 13.6 Å². The van der Waals surface area contributed by atoms with Crippen molar-refractivity contribution in [2.24, 2.45) is 0 Å². The normalized spacial score (nSPS) is 10.2. The standard InChI is InChI=1S/C13H8BrF2NO/c14-10-7-8(5-6-12(10)16)17-13(18)9-3-1-2-4-11(9)15/h1-7H,(H,17,18). The average Bonchev–Trinajstić information content (AvgIpc) is 2.34. The van der Waals surface area contributed by atoms with Gasteiger partial charge >= 0.3 is 0 Å². The maximum Gasteiger partial charge on any atom is 0.258 e. The van der Waals surface area contributed by atoms with Gasteiger partial charge in [0.25, 0.3) is 5.91 Å². The van der Waals surface area contributed by atoms with Crippen LogP contribution < -0.4 is 5.32 Å². The van der Waals surface area contributed by atoms with Crippen molar-refractivity contribution in [3.05, 3.63) is 64.1 Å². The Balaban J connectivity index is 2.22. The van der Waals surface area contributed by atoms with Crippen molar-refractivity contribution in [1.29, 1.82) is 0 Å². The van der Waals surface area contributed by atoms with Crippen molar-refractivity contribution in [2.45, 2.75) is 0 Å². The largest absolute Gasteiger partial charge is 0.322 e. The van der Waals surface area contributed by atoms with Gasteiger partial charge in [-0.05, 0) is 46.3 Å². The van der Waals surface area contributed by atoms with E-state index in [1.54, 1.807) is 6.07 Å². The van der Waals surface area contributed by atoms with E-state index >= 15 is 0 Å². The van der Waals surface area contributed by atoms with Gasteiger partial charge in [-0.1, -0.05) is 12.1 Å². The van der Waals surface area contributed by atoms with Crippen LogP contribution in [-0.2, 0) is 0 Å². The number of hydrogen-bond donors (Lipinski definition) is 1. The second kappa shape index (κ2) is 5.27. The minimum atomic E-state index is -0.601. The number of amides is 1. The fourth-order valence-electron chi connectivity index (χ4n) is 1.42. The van der Waals surface area contributed by atoms with Crippen LogP contribution in [0.4, 0.5) is 14.5 Å². The van der Waals surface area contributed by atoms with Gasteiger partial charge in [-0.15, -0.1) is 0 Å². The fraction of sp³-hybridized carbons (Fsp3) is 0. The Bertz CT molecular complexity index is 601. The molecule has 0 aliphatic carbocycles. The van der Waals surface area contributed by atoms with E-state index in [-0.39, 0.29) is 10.0 Å². The number of nitrogens with one attached hydrogen (secondary N) is 1. The third-order valence-corrected chi connectivity index (χ3v) is 2.90. The van der Waals surface area contributed by atoms with E-state index in [0.717, 1.165) is 0 Å². The number of benzene rings is 2. The Labute approximate surface area is 111 Å². The molecule has 92 valence electrons. The summed E-state index contributed by atoms with van der Waals surface area (Å²) in [5, 5.41) is 2.49. The predicted molar refractivity (Wildman–Crippen MR) is 68.5 cm³/mol. The third-order valence-electron chi connectivity index (χ3n) is 2.30. The summed E-state index contributed by atoms with van der Waals surface area (Å²) in [5.74, 6) is -1.61. The van der Waals surface area contributed by atoms with E-state index in [1.807, 2.05) is 0 Å². The van der Waals surface area contributed by atoms with Crippen LogP contribution in [0.15, 0.2) is 46.9 Å². The van der Waals surface area contributed by atoms with Crippen molar-refractivity contribution in [3.8, 4) is 0 Å².